The minimum Gasteiger partial charge on any atom is -0.267 e. The fourth-order valence-corrected chi connectivity index (χ4v) is 2.87. The topological polar surface area (TPSA) is 54.4 Å². The summed E-state index contributed by atoms with van der Waals surface area (Å²) in [6, 6.07) is 16.8. The first kappa shape index (κ1) is 15.8. The van der Waals surface area contributed by atoms with Gasteiger partial charge in [0.25, 0.3) is 5.91 Å². The normalized spacial score (nSPS) is 14.1. The number of rotatable bonds is 4. The van der Waals surface area contributed by atoms with Crippen LogP contribution < -0.4 is 5.43 Å². The van der Waals surface area contributed by atoms with Gasteiger partial charge in [0.15, 0.2) is 0 Å². The fraction of sp³-hybridized carbons (Fsp3) is 0.150. The number of fused-ring (bicyclic) bond motifs is 1. The molecule has 4 rings (SSSR count). The molecule has 0 spiro atoms. The number of hydrogen-bond donors (Lipinski definition) is 1. The third kappa shape index (κ3) is 3.54. The quantitative estimate of drug-likeness (QED) is 0.555. The van der Waals surface area contributed by atoms with Crippen molar-refractivity contribution in [2.24, 2.45) is 5.10 Å². The average molecular weight is 350 g/mol. The standard InChI is InChI=1S/C20H16ClN3O/c21-15-9-5-13(6-10-15)12-22-24-20(25)17-11-19(14-7-8-14)23-18-4-2-1-3-16(17)18/h1-6,9-12,14H,7-8H2,(H,24,25). The summed E-state index contributed by atoms with van der Waals surface area (Å²) in [5.41, 5.74) is 5.92. The Hall–Kier alpha value is -2.72. The molecule has 3 aromatic rings. The van der Waals surface area contributed by atoms with E-state index in [1.54, 1.807) is 18.3 Å². The Kier molecular flexibility index (Phi) is 4.20. The highest BCUT2D eigenvalue weighted by Gasteiger charge is 2.26. The molecule has 1 amide bonds. The van der Waals surface area contributed by atoms with Gasteiger partial charge in [-0.3, -0.25) is 9.78 Å². The highest BCUT2D eigenvalue weighted by Crippen LogP contribution is 2.40. The summed E-state index contributed by atoms with van der Waals surface area (Å²) in [5.74, 6) is 0.249. The van der Waals surface area contributed by atoms with Crippen LogP contribution in [0.3, 0.4) is 0 Å². The number of halogens is 1. The molecule has 0 aliphatic heterocycles. The summed E-state index contributed by atoms with van der Waals surface area (Å²) < 4.78 is 0. The van der Waals surface area contributed by atoms with Gasteiger partial charge in [-0.2, -0.15) is 5.10 Å². The average Bonchev–Trinajstić information content (AvgIpc) is 3.47. The summed E-state index contributed by atoms with van der Waals surface area (Å²) in [5, 5.41) is 5.56. The lowest BCUT2D eigenvalue weighted by Crippen LogP contribution is -2.18. The molecule has 0 bridgehead atoms. The molecule has 124 valence electrons. The molecule has 5 heteroatoms. The highest BCUT2D eigenvalue weighted by atomic mass is 35.5. The van der Waals surface area contributed by atoms with E-state index in [9.17, 15) is 4.79 Å². The first-order valence-corrected chi connectivity index (χ1v) is 8.57. The van der Waals surface area contributed by atoms with Gasteiger partial charge in [-0.15, -0.1) is 0 Å². The number of benzene rings is 2. The number of nitrogens with zero attached hydrogens (tertiary/aromatic N) is 2. The number of para-hydroxylation sites is 1. The Balaban J connectivity index is 1.59. The smallest absolute Gasteiger partial charge is 0.267 e. The van der Waals surface area contributed by atoms with Crippen molar-refractivity contribution in [3.8, 4) is 0 Å². The van der Waals surface area contributed by atoms with Crippen molar-refractivity contribution < 1.29 is 4.79 Å². The molecule has 2 aromatic carbocycles. The van der Waals surface area contributed by atoms with Gasteiger partial charge < -0.3 is 0 Å². The largest absolute Gasteiger partial charge is 0.272 e. The van der Waals surface area contributed by atoms with Crippen LogP contribution in [0.5, 0.6) is 0 Å². The molecule has 1 aliphatic rings. The molecule has 0 unspecified atom stereocenters. The molecular formula is C20H16ClN3O. The predicted molar refractivity (Wildman–Crippen MR) is 100 cm³/mol. The molecule has 1 saturated carbocycles. The maximum absolute atomic E-state index is 12.6. The lowest BCUT2D eigenvalue weighted by molar-refractivity contribution is 0.0956. The van der Waals surface area contributed by atoms with Crippen LogP contribution in [-0.2, 0) is 0 Å². The van der Waals surface area contributed by atoms with Crippen molar-refractivity contribution in [2.45, 2.75) is 18.8 Å². The van der Waals surface area contributed by atoms with Crippen molar-refractivity contribution in [1.29, 1.82) is 0 Å². The van der Waals surface area contributed by atoms with E-state index in [-0.39, 0.29) is 5.91 Å². The molecule has 1 fully saturated rings. The summed E-state index contributed by atoms with van der Waals surface area (Å²) in [6.07, 6.45) is 3.88. The van der Waals surface area contributed by atoms with Gasteiger partial charge in [0.1, 0.15) is 0 Å². The van der Waals surface area contributed by atoms with E-state index in [1.165, 1.54) is 0 Å². The maximum atomic E-state index is 12.6. The summed E-state index contributed by atoms with van der Waals surface area (Å²) in [6.45, 7) is 0. The number of hydrazone groups is 1. The van der Waals surface area contributed by atoms with Crippen LogP contribution in [0.1, 0.15) is 40.4 Å². The van der Waals surface area contributed by atoms with E-state index < -0.39 is 0 Å². The summed E-state index contributed by atoms with van der Waals surface area (Å²) in [7, 11) is 0. The molecule has 0 atom stereocenters. The second kappa shape index (κ2) is 6.65. The number of aromatic nitrogens is 1. The number of hydrogen-bond acceptors (Lipinski definition) is 3. The van der Waals surface area contributed by atoms with E-state index in [0.717, 1.165) is 35.0 Å². The predicted octanol–water partition coefficient (Wildman–Crippen LogP) is 4.53. The Labute approximate surface area is 150 Å². The number of pyridine rings is 1. The molecule has 1 aliphatic carbocycles. The molecule has 4 nitrogen and oxygen atoms in total. The SMILES string of the molecule is O=C(NN=Cc1ccc(Cl)cc1)c1cc(C2CC2)nc2ccccc12. The first-order chi connectivity index (χ1) is 12.2. The van der Waals surface area contributed by atoms with Crippen LogP contribution in [-0.4, -0.2) is 17.1 Å². The van der Waals surface area contributed by atoms with Crippen molar-refractivity contribution in [2.75, 3.05) is 0 Å². The van der Waals surface area contributed by atoms with Gasteiger partial charge in [0.05, 0.1) is 17.3 Å². The van der Waals surface area contributed by atoms with Gasteiger partial charge in [0, 0.05) is 22.0 Å². The number of carbonyl (C=O) groups excluding carboxylic acids is 1. The first-order valence-electron chi connectivity index (χ1n) is 8.19. The summed E-state index contributed by atoms with van der Waals surface area (Å²) in [4.78, 5) is 17.3. The van der Waals surface area contributed by atoms with Crippen LogP contribution in [0, 0.1) is 0 Å². The zero-order valence-electron chi connectivity index (χ0n) is 13.4. The van der Waals surface area contributed by atoms with Crippen LogP contribution in [0.15, 0.2) is 59.7 Å². The van der Waals surface area contributed by atoms with E-state index in [0.29, 0.717) is 16.5 Å². The Morgan fingerprint density at radius 2 is 1.92 bits per heavy atom. The molecule has 25 heavy (non-hydrogen) atoms. The van der Waals surface area contributed by atoms with Crippen molar-refractivity contribution in [3.05, 3.63) is 76.4 Å². The third-order valence-electron chi connectivity index (χ3n) is 4.23. The van der Waals surface area contributed by atoms with Crippen molar-refractivity contribution >= 4 is 34.6 Å². The van der Waals surface area contributed by atoms with Gasteiger partial charge in [-0.25, -0.2) is 5.43 Å². The zero-order valence-corrected chi connectivity index (χ0v) is 14.2. The highest BCUT2D eigenvalue weighted by molar-refractivity contribution is 6.30. The fourth-order valence-electron chi connectivity index (χ4n) is 2.75. The molecular weight excluding hydrogens is 334 g/mol. The Morgan fingerprint density at radius 1 is 1.16 bits per heavy atom. The molecule has 0 saturated heterocycles. The van der Waals surface area contributed by atoms with Crippen LogP contribution in [0.4, 0.5) is 0 Å². The van der Waals surface area contributed by atoms with Crippen LogP contribution >= 0.6 is 11.6 Å². The van der Waals surface area contributed by atoms with Crippen LogP contribution in [0.2, 0.25) is 5.02 Å². The second-order valence-electron chi connectivity index (χ2n) is 6.14. The second-order valence-corrected chi connectivity index (χ2v) is 6.57. The lowest BCUT2D eigenvalue weighted by Gasteiger charge is -2.08. The van der Waals surface area contributed by atoms with Crippen molar-refractivity contribution in [3.63, 3.8) is 0 Å². The maximum Gasteiger partial charge on any atom is 0.272 e. The minimum absolute atomic E-state index is 0.231. The van der Waals surface area contributed by atoms with Gasteiger partial charge in [0.2, 0.25) is 0 Å². The van der Waals surface area contributed by atoms with E-state index in [2.05, 4.69) is 15.5 Å². The van der Waals surface area contributed by atoms with Gasteiger partial charge >= 0.3 is 0 Å². The van der Waals surface area contributed by atoms with E-state index in [4.69, 9.17) is 11.6 Å². The summed E-state index contributed by atoms with van der Waals surface area (Å²) >= 11 is 5.86. The van der Waals surface area contributed by atoms with E-state index >= 15 is 0 Å². The zero-order chi connectivity index (χ0) is 17.2. The number of nitrogens with one attached hydrogen (secondary N) is 1. The lowest BCUT2D eigenvalue weighted by atomic mass is 10.1. The molecule has 0 radical (unpaired) electrons. The monoisotopic (exact) mass is 349 g/mol. The van der Waals surface area contributed by atoms with Crippen LogP contribution in [0.25, 0.3) is 10.9 Å². The Morgan fingerprint density at radius 3 is 2.68 bits per heavy atom. The van der Waals surface area contributed by atoms with E-state index in [1.807, 2.05) is 42.5 Å². The number of amides is 1. The molecule has 1 aromatic heterocycles. The molecule has 1 heterocycles. The Bertz CT molecular complexity index is 962. The van der Waals surface area contributed by atoms with Gasteiger partial charge in [-0.05, 0) is 42.7 Å². The number of carbonyl (C=O) groups is 1. The van der Waals surface area contributed by atoms with Crippen molar-refractivity contribution in [1.82, 2.24) is 10.4 Å². The third-order valence-corrected chi connectivity index (χ3v) is 4.48. The minimum atomic E-state index is -0.231. The molecule has 1 N–H and O–H groups in total. The van der Waals surface area contributed by atoms with Gasteiger partial charge in [-0.1, -0.05) is 41.9 Å².